The standard InChI is InChI=1S/C13H16BrNO3/c14-13-7-8-18-9-11(13)4-1-10-2-5-12(6-3-10)15(16)17/h2-3,5-6,11,13H,1,4,7-9H2. The molecule has 2 rings (SSSR count). The van der Waals surface area contributed by atoms with Crippen LogP contribution in [0.5, 0.6) is 0 Å². The Hall–Kier alpha value is -0.940. The smallest absolute Gasteiger partial charge is 0.269 e. The molecule has 18 heavy (non-hydrogen) atoms. The van der Waals surface area contributed by atoms with Crippen LogP contribution >= 0.6 is 15.9 Å². The molecule has 0 saturated carbocycles. The number of non-ortho nitro benzene ring substituents is 1. The fourth-order valence-corrected chi connectivity index (χ4v) is 2.78. The van der Waals surface area contributed by atoms with E-state index in [-0.39, 0.29) is 10.6 Å². The Labute approximate surface area is 115 Å². The number of ether oxygens (including phenoxy) is 1. The largest absolute Gasteiger partial charge is 0.381 e. The molecule has 1 fully saturated rings. The van der Waals surface area contributed by atoms with Gasteiger partial charge in [0.25, 0.3) is 5.69 Å². The lowest BCUT2D eigenvalue weighted by atomic mass is 9.94. The highest BCUT2D eigenvalue weighted by molar-refractivity contribution is 9.09. The maximum absolute atomic E-state index is 10.5. The summed E-state index contributed by atoms with van der Waals surface area (Å²) in [4.78, 5) is 10.7. The van der Waals surface area contributed by atoms with Crippen molar-refractivity contribution in [2.45, 2.75) is 24.1 Å². The minimum atomic E-state index is -0.368. The second kappa shape index (κ2) is 6.29. The topological polar surface area (TPSA) is 52.4 Å². The van der Waals surface area contributed by atoms with Gasteiger partial charge in [0.2, 0.25) is 0 Å². The van der Waals surface area contributed by atoms with Crippen molar-refractivity contribution >= 4 is 21.6 Å². The fourth-order valence-electron chi connectivity index (χ4n) is 2.17. The third-order valence-electron chi connectivity index (χ3n) is 3.33. The van der Waals surface area contributed by atoms with Gasteiger partial charge in [0, 0.05) is 23.6 Å². The summed E-state index contributed by atoms with van der Waals surface area (Å²) in [6.07, 6.45) is 3.05. The predicted octanol–water partition coefficient (Wildman–Crippen LogP) is 3.33. The zero-order valence-corrected chi connectivity index (χ0v) is 11.6. The Morgan fingerprint density at radius 2 is 2.11 bits per heavy atom. The van der Waals surface area contributed by atoms with Crippen molar-refractivity contribution in [3.8, 4) is 0 Å². The molecule has 0 amide bonds. The molecule has 0 radical (unpaired) electrons. The van der Waals surface area contributed by atoms with E-state index in [9.17, 15) is 10.1 Å². The van der Waals surface area contributed by atoms with Crippen molar-refractivity contribution in [3.05, 3.63) is 39.9 Å². The molecule has 1 aliphatic heterocycles. The minimum absolute atomic E-state index is 0.151. The third-order valence-corrected chi connectivity index (χ3v) is 4.54. The normalized spacial score (nSPS) is 23.8. The van der Waals surface area contributed by atoms with Gasteiger partial charge in [-0.1, -0.05) is 28.1 Å². The van der Waals surface area contributed by atoms with E-state index in [1.54, 1.807) is 12.1 Å². The average molecular weight is 314 g/mol. The van der Waals surface area contributed by atoms with E-state index in [4.69, 9.17) is 4.74 Å². The molecule has 0 aliphatic carbocycles. The fraction of sp³-hybridized carbons (Fsp3) is 0.538. The highest BCUT2D eigenvalue weighted by Crippen LogP contribution is 2.26. The number of halogens is 1. The number of rotatable bonds is 4. The summed E-state index contributed by atoms with van der Waals surface area (Å²) in [5.41, 5.74) is 1.30. The Balaban J connectivity index is 1.87. The highest BCUT2D eigenvalue weighted by Gasteiger charge is 2.22. The van der Waals surface area contributed by atoms with Gasteiger partial charge in [-0.3, -0.25) is 10.1 Å². The highest BCUT2D eigenvalue weighted by atomic mass is 79.9. The first-order valence-corrected chi connectivity index (χ1v) is 7.03. The molecule has 2 atom stereocenters. The first-order valence-electron chi connectivity index (χ1n) is 6.12. The molecule has 5 heteroatoms. The lowest BCUT2D eigenvalue weighted by molar-refractivity contribution is -0.384. The number of hydrogen-bond acceptors (Lipinski definition) is 3. The van der Waals surface area contributed by atoms with Crippen LogP contribution in [-0.2, 0) is 11.2 Å². The van der Waals surface area contributed by atoms with E-state index in [1.165, 1.54) is 0 Å². The molecule has 1 aromatic carbocycles. The number of nitro groups is 1. The maximum atomic E-state index is 10.5. The van der Waals surface area contributed by atoms with Crippen molar-refractivity contribution < 1.29 is 9.66 Å². The molecule has 1 heterocycles. The van der Waals surface area contributed by atoms with Gasteiger partial charge < -0.3 is 4.74 Å². The van der Waals surface area contributed by atoms with Gasteiger partial charge in [-0.2, -0.15) is 0 Å². The number of alkyl halides is 1. The predicted molar refractivity (Wildman–Crippen MR) is 73.1 cm³/mol. The van der Waals surface area contributed by atoms with Crippen molar-refractivity contribution in [1.82, 2.24) is 0 Å². The van der Waals surface area contributed by atoms with E-state index in [1.807, 2.05) is 12.1 Å². The van der Waals surface area contributed by atoms with E-state index in [2.05, 4.69) is 15.9 Å². The van der Waals surface area contributed by atoms with Crippen LogP contribution < -0.4 is 0 Å². The van der Waals surface area contributed by atoms with Crippen LogP contribution in [0.3, 0.4) is 0 Å². The molecule has 4 nitrogen and oxygen atoms in total. The SMILES string of the molecule is O=[N+]([O-])c1ccc(CCC2COCCC2Br)cc1. The molecular weight excluding hydrogens is 298 g/mol. The number of hydrogen-bond donors (Lipinski definition) is 0. The lowest BCUT2D eigenvalue weighted by Crippen LogP contribution is -2.28. The zero-order valence-electron chi connectivity index (χ0n) is 10.0. The van der Waals surface area contributed by atoms with Crippen LogP contribution in [0.1, 0.15) is 18.4 Å². The number of aryl methyl sites for hydroxylation is 1. The van der Waals surface area contributed by atoms with E-state index < -0.39 is 0 Å². The monoisotopic (exact) mass is 313 g/mol. The Kier molecular flexibility index (Phi) is 4.72. The van der Waals surface area contributed by atoms with Crippen LogP contribution in [0, 0.1) is 16.0 Å². The van der Waals surface area contributed by atoms with Crippen molar-refractivity contribution in [2.75, 3.05) is 13.2 Å². The van der Waals surface area contributed by atoms with Crippen LogP contribution in [0.15, 0.2) is 24.3 Å². The Morgan fingerprint density at radius 1 is 1.39 bits per heavy atom. The summed E-state index contributed by atoms with van der Waals surface area (Å²) in [6.45, 7) is 1.65. The molecule has 0 aromatic heterocycles. The summed E-state index contributed by atoms with van der Waals surface area (Å²) in [6, 6.07) is 6.81. The van der Waals surface area contributed by atoms with Gasteiger partial charge in [0.05, 0.1) is 11.5 Å². The van der Waals surface area contributed by atoms with Gasteiger partial charge in [-0.05, 0) is 30.7 Å². The van der Waals surface area contributed by atoms with Gasteiger partial charge in [0.1, 0.15) is 0 Å². The Bertz CT molecular complexity index is 407. The van der Waals surface area contributed by atoms with Crippen molar-refractivity contribution in [1.29, 1.82) is 0 Å². The van der Waals surface area contributed by atoms with Crippen LogP contribution in [0.25, 0.3) is 0 Å². The average Bonchev–Trinajstić information content (AvgIpc) is 2.38. The zero-order chi connectivity index (χ0) is 13.0. The molecular formula is C13H16BrNO3. The molecule has 98 valence electrons. The molecule has 0 bridgehead atoms. The number of nitro benzene ring substituents is 1. The van der Waals surface area contributed by atoms with Gasteiger partial charge >= 0.3 is 0 Å². The number of benzene rings is 1. The summed E-state index contributed by atoms with van der Waals surface area (Å²) in [7, 11) is 0. The summed E-state index contributed by atoms with van der Waals surface area (Å²) in [5.74, 6) is 0.536. The van der Waals surface area contributed by atoms with E-state index in [0.717, 1.165) is 38.0 Å². The first-order chi connectivity index (χ1) is 8.66. The van der Waals surface area contributed by atoms with Crippen LogP contribution in [0.4, 0.5) is 5.69 Å². The molecule has 1 aromatic rings. The van der Waals surface area contributed by atoms with Crippen molar-refractivity contribution in [3.63, 3.8) is 0 Å². The van der Waals surface area contributed by atoms with E-state index >= 15 is 0 Å². The summed E-state index contributed by atoms with van der Waals surface area (Å²) >= 11 is 3.69. The first kappa shape index (κ1) is 13.5. The van der Waals surface area contributed by atoms with Gasteiger partial charge in [-0.25, -0.2) is 0 Å². The maximum Gasteiger partial charge on any atom is 0.269 e. The minimum Gasteiger partial charge on any atom is -0.381 e. The second-order valence-electron chi connectivity index (χ2n) is 4.60. The van der Waals surface area contributed by atoms with Gasteiger partial charge in [0.15, 0.2) is 0 Å². The lowest BCUT2D eigenvalue weighted by Gasteiger charge is -2.27. The summed E-state index contributed by atoms with van der Waals surface area (Å²) in [5, 5.41) is 10.5. The van der Waals surface area contributed by atoms with Crippen molar-refractivity contribution in [2.24, 2.45) is 5.92 Å². The quantitative estimate of drug-likeness (QED) is 0.487. The molecule has 1 aliphatic rings. The second-order valence-corrected chi connectivity index (χ2v) is 5.78. The Morgan fingerprint density at radius 3 is 2.72 bits per heavy atom. The summed E-state index contributed by atoms with van der Waals surface area (Å²) < 4.78 is 5.47. The third kappa shape index (κ3) is 3.53. The molecule has 2 unspecified atom stereocenters. The van der Waals surface area contributed by atoms with E-state index in [0.29, 0.717) is 10.7 Å². The molecule has 0 N–H and O–H groups in total. The molecule has 1 saturated heterocycles. The van der Waals surface area contributed by atoms with Crippen LogP contribution in [0.2, 0.25) is 0 Å². The molecule has 0 spiro atoms. The van der Waals surface area contributed by atoms with Gasteiger partial charge in [-0.15, -0.1) is 0 Å². The van der Waals surface area contributed by atoms with Crippen LogP contribution in [-0.4, -0.2) is 23.0 Å². The number of nitrogens with zero attached hydrogens (tertiary/aromatic N) is 1.